The van der Waals surface area contributed by atoms with Gasteiger partial charge in [-0.1, -0.05) is 25.4 Å². The van der Waals surface area contributed by atoms with Crippen LogP contribution in [0, 0.1) is 5.92 Å². The molecule has 0 spiro atoms. The zero-order chi connectivity index (χ0) is 13.7. The largest absolute Gasteiger partial charge is 0.495 e. The van der Waals surface area contributed by atoms with Crippen molar-refractivity contribution in [3.05, 3.63) is 17.2 Å². The van der Waals surface area contributed by atoms with Crippen molar-refractivity contribution in [3.63, 3.8) is 0 Å². The van der Waals surface area contributed by atoms with Gasteiger partial charge >= 0.3 is 0 Å². The van der Waals surface area contributed by atoms with Crippen molar-refractivity contribution < 1.29 is 14.3 Å². The topological polar surface area (TPSA) is 47.6 Å². The van der Waals surface area contributed by atoms with Crippen LogP contribution >= 0.6 is 11.6 Å². The first kappa shape index (κ1) is 14.6. The van der Waals surface area contributed by atoms with Crippen LogP contribution in [0.15, 0.2) is 12.1 Å². The average Bonchev–Trinajstić information content (AvgIpc) is 2.29. The molecule has 0 saturated heterocycles. The molecule has 1 aromatic rings. The van der Waals surface area contributed by atoms with Crippen LogP contribution in [0.2, 0.25) is 5.02 Å². The van der Waals surface area contributed by atoms with Gasteiger partial charge in [0.2, 0.25) is 5.91 Å². The highest BCUT2D eigenvalue weighted by atomic mass is 35.5. The second kappa shape index (κ2) is 6.50. The Morgan fingerprint density at radius 1 is 1.28 bits per heavy atom. The molecule has 0 unspecified atom stereocenters. The first-order valence-electron chi connectivity index (χ1n) is 5.69. The number of carbonyl (C=O) groups excluding carboxylic acids is 1. The number of methoxy groups -OCH3 is 2. The van der Waals surface area contributed by atoms with Gasteiger partial charge < -0.3 is 14.8 Å². The van der Waals surface area contributed by atoms with E-state index < -0.39 is 0 Å². The summed E-state index contributed by atoms with van der Waals surface area (Å²) in [6.07, 6.45) is 0.452. The van der Waals surface area contributed by atoms with Crippen molar-refractivity contribution in [1.82, 2.24) is 0 Å². The number of carbonyl (C=O) groups is 1. The van der Waals surface area contributed by atoms with Crippen LogP contribution in [-0.4, -0.2) is 20.1 Å². The number of ether oxygens (including phenoxy) is 2. The number of halogens is 1. The summed E-state index contributed by atoms with van der Waals surface area (Å²) >= 11 is 5.98. The number of anilines is 1. The van der Waals surface area contributed by atoms with E-state index in [0.29, 0.717) is 34.5 Å². The number of hydrogen-bond acceptors (Lipinski definition) is 3. The summed E-state index contributed by atoms with van der Waals surface area (Å²) in [7, 11) is 3.05. The molecule has 1 rings (SSSR count). The van der Waals surface area contributed by atoms with Crippen LogP contribution in [0.5, 0.6) is 11.5 Å². The van der Waals surface area contributed by atoms with Crippen LogP contribution in [0.1, 0.15) is 20.3 Å². The first-order valence-corrected chi connectivity index (χ1v) is 6.07. The van der Waals surface area contributed by atoms with Gasteiger partial charge in [0, 0.05) is 18.6 Å². The molecule has 100 valence electrons. The molecule has 0 atom stereocenters. The number of rotatable bonds is 5. The quantitative estimate of drug-likeness (QED) is 0.893. The van der Waals surface area contributed by atoms with E-state index >= 15 is 0 Å². The first-order chi connectivity index (χ1) is 8.47. The van der Waals surface area contributed by atoms with Crippen LogP contribution < -0.4 is 14.8 Å². The zero-order valence-electron chi connectivity index (χ0n) is 11.0. The van der Waals surface area contributed by atoms with Crippen molar-refractivity contribution in [2.24, 2.45) is 5.92 Å². The molecule has 5 heteroatoms. The maximum absolute atomic E-state index is 11.7. The Morgan fingerprint density at radius 3 is 2.39 bits per heavy atom. The molecule has 1 aromatic carbocycles. The maximum atomic E-state index is 11.7. The lowest BCUT2D eigenvalue weighted by Crippen LogP contribution is -2.14. The molecular weight excluding hydrogens is 254 g/mol. The van der Waals surface area contributed by atoms with Gasteiger partial charge in [-0.25, -0.2) is 0 Å². The van der Waals surface area contributed by atoms with Gasteiger partial charge in [0.25, 0.3) is 0 Å². The lowest BCUT2D eigenvalue weighted by Gasteiger charge is -2.13. The fourth-order valence-electron chi connectivity index (χ4n) is 1.53. The third kappa shape index (κ3) is 3.81. The predicted molar refractivity (Wildman–Crippen MR) is 72.6 cm³/mol. The fraction of sp³-hybridized carbons (Fsp3) is 0.462. The summed E-state index contributed by atoms with van der Waals surface area (Å²) in [6.45, 7) is 3.97. The van der Waals surface area contributed by atoms with Gasteiger partial charge in [0.15, 0.2) is 0 Å². The predicted octanol–water partition coefficient (Wildman–Crippen LogP) is 3.34. The van der Waals surface area contributed by atoms with Crippen LogP contribution in [-0.2, 0) is 4.79 Å². The Bertz CT molecular complexity index is 432. The van der Waals surface area contributed by atoms with Crippen LogP contribution in [0.25, 0.3) is 0 Å². The summed E-state index contributed by atoms with van der Waals surface area (Å²) in [4.78, 5) is 11.7. The Kier molecular flexibility index (Phi) is 5.28. The standard InChI is InChI=1S/C13H18ClNO3/c1-8(2)5-13(16)15-10-7-11(17-3)9(14)6-12(10)18-4/h6-8H,5H2,1-4H3,(H,15,16). The second-order valence-electron chi connectivity index (χ2n) is 4.33. The Balaban J connectivity index is 2.96. The molecule has 1 N–H and O–H groups in total. The molecule has 0 bridgehead atoms. The molecule has 0 saturated carbocycles. The summed E-state index contributed by atoms with van der Waals surface area (Å²) in [5, 5.41) is 3.23. The number of benzene rings is 1. The molecule has 1 amide bonds. The van der Waals surface area contributed by atoms with Gasteiger partial charge in [-0.05, 0) is 5.92 Å². The zero-order valence-corrected chi connectivity index (χ0v) is 11.8. The van der Waals surface area contributed by atoms with E-state index in [0.717, 1.165) is 0 Å². The minimum absolute atomic E-state index is 0.0623. The molecule has 0 aliphatic carbocycles. The third-order valence-electron chi connectivity index (χ3n) is 2.34. The van der Waals surface area contributed by atoms with Gasteiger partial charge in [-0.3, -0.25) is 4.79 Å². The summed E-state index contributed by atoms with van der Waals surface area (Å²) in [5.74, 6) is 1.24. The molecule has 0 heterocycles. The van der Waals surface area contributed by atoms with E-state index in [-0.39, 0.29) is 5.91 Å². The Morgan fingerprint density at radius 2 is 1.89 bits per heavy atom. The summed E-state index contributed by atoms with van der Waals surface area (Å²) < 4.78 is 10.3. The third-order valence-corrected chi connectivity index (χ3v) is 2.64. The Hall–Kier alpha value is -1.42. The second-order valence-corrected chi connectivity index (χ2v) is 4.74. The average molecular weight is 272 g/mol. The highest BCUT2D eigenvalue weighted by molar-refractivity contribution is 6.32. The van der Waals surface area contributed by atoms with Crippen molar-refractivity contribution >= 4 is 23.2 Å². The molecule has 0 aromatic heterocycles. The smallest absolute Gasteiger partial charge is 0.224 e. The molecule has 0 aliphatic heterocycles. The van der Waals surface area contributed by atoms with E-state index in [1.54, 1.807) is 12.1 Å². The number of hydrogen-bond donors (Lipinski definition) is 1. The molecule has 4 nitrogen and oxygen atoms in total. The highest BCUT2D eigenvalue weighted by Crippen LogP contribution is 2.35. The Labute approximate surface area is 112 Å². The van der Waals surface area contributed by atoms with Crippen LogP contribution in [0.4, 0.5) is 5.69 Å². The van der Waals surface area contributed by atoms with Crippen molar-refractivity contribution in [2.75, 3.05) is 19.5 Å². The minimum atomic E-state index is -0.0623. The normalized spacial score (nSPS) is 10.3. The fourth-order valence-corrected chi connectivity index (χ4v) is 1.76. The number of nitrogens with one attached hydrogen (secondary N) is 1. The lowest BCUT2D eigenvalue weighted by molar-refractivity contribution is -0.116. The van der Waals surface area contributed by atoms with Crippen molar-refractivity contribution in [2.45, 2.75) is 20.3 Å². The highest BCUT2D eigenvalue weighted by Gasteiger charge is 2.13. The van der Waals surface area contributed by atoms with E-state index in [4.69, 9.17) is 21.1 Å². The van der Waals surface area contributed by atoms with E-state index in [1.165, 1.54) is 14.2 Å². The summed E-state index contributed by atoms with van der Waals surface area (Å²) in [6, 6.07) is 3.27. The molecule has 18 heavy (non-hydrogen) atoms. The molecule has 0 radical (unpaired) electrons. The van der Waals surface area contributed by atoms with E-state index in [1.807, 2.05) is 13.8 Å². The maximum Gasteiger partial charge on any atom is 0.224 e. The SMILES string of the molecule is COc1cc(NC(=O)CC(C)C)c(OC)cc1Cl. The lowest BCUT2D eigenvalue weighted by atomic mass is 10.1. The van der Waals surface area contributed by atoms with E-state index in [2.05, 4.69) is 5.32 Å². The minimum Gasteiger partial charge on any atom is -0.495 e. The number of amides is 1. The van der Waals surface area contributed by atoms with Gasteiger partial charge in [-0.15, -0.1) is 0 Å². The van der Waals surface area contributed by atoms with Gasteiger partial charge in [0.05, 0.1) is 24.9 Å². The van der Waals surface area contributed by atoms with E-state index in [9.17, 15) is 4.79 Å². The van der Waals surface area contributed by atoms with Crippen molar-refractivity contribution in [3.8, 4) is 11.5 Å². The van der Waals surface area contributed by atoms with Crippen LogP contribution in [0.3, 0.4) is 0 Å². The monoisotopic (exact) mass is 271 g/mol. The summed E-state index contributed by atoms with van der Waals surface area (Å²) in [5.41, 5.74) is 0.560. The van der Waals surface area contributed by atoms with Gasteiger partial charge in [-0.2, -0.15) is 0 Å². The van der Waals surface area contributed by atoms with Gasteiger partial charge in [0.1, 0.15) is 11.5 Å². The van der Waals surface area contributed by atoms with Crippen molar-refractivity contribution in [1.29, 1.82) is 0 Å². The molecule has 0 fully saturated rings. The molecular formula is C13H18ClNO3. The molecule has 0 aliphatic rings.